The number of thiocarbonyl (C=S) groups is 1. The predicted octanol–water partition coefficient (Wildman–Crippen LogP) is -0.746. The third-order valence-corrected chi connectivity index (χ3v) is 0.799. The summed E-state index contributed by atoms with van der Waals surface area (Å²) >= 11 is 4.68. The van der Waals surface area contributed by atoms with E-state index in [9.17, 15) is 0 Å². The van der Waals surface area contributed by atoms with E-state index in [1.165, 1.54) is 0 Å². The van der Waals surface area contributed by atoms with Gasteiger partial charge in [0, 0.05) is 0 Å². The zero-order chi connectivity index (χ0) is 4.41. The van der Waals surface area contributed by atoms with Gasteiger partial charge in [0.2, 0.25) is 0 Å². The summed E-state index contributed by atoms with van der Waals surface area (Å²) in [5.74, 6) is 0. The van der Waals surface area contributed by atoms with Gasteiger partial charge in [-0.3, -0.25) is 0 Å². The lowest BCUT2D eigenvalue weighted by atomic mass is 9.99. The van der Waals surface area contributed by atoms with Crippen LogP contribution in [-0.4, -0.2) is 18.6 Å². The highest BCUT2D eigenvalue weighted by Gasteiger charge is 1.97. The summed E-state index contributed by atoms with van der Waals surface area (Å²) in [4.78, 5) is 4.60. The molecule has 0 unspecified atom stereocenters. The number of hydrogen-bond acceptors (Lipinski definition) is 2. The molecule has 0 saturated carbocycles. The summed E-state index contributed by atoms with van der Waals surface area (Å²) in [5.41, 5.74) is 0. The number of nitrogens with zero attached hydrogens (tertiary/aromatic N) is 1. The van der Waals surface area contributed by atoms with Gasteiger partial charge in [-0.1, -0.05) is 12.2 Å². The zero-order valence-electron chi connectivity index (χ0n) is 3.14. The zero-order valence-corrected chi connectivity index (χ0v) is 3.96. The first-order valence-corrected chi connectivity index (χ1v) is 2.08. The van der Waals surface area contributed by atoms with Crippen LogP contribution in [0.5, 0.6) is 0 Å². The van der Waals surface area contributed by atoms with E-state index in [1.54, 1.807) is 6.34 Å². The van der Waals surface area contributed by atoms with E-state index in [0.29, 0.717) is 7.41 Å². The topological polar surface area (TPSA) is 24.4 Å². The molecule has 0 amide bonds. The maximum Gasteiger partial charge on any atom is 0.328 e. The molecule has 2 nitrogen and oxygen atoms in total. The molecule has 0 radical (unpaired) electrons. The molecule has 0 aromatic rings. The van der Waals surface area contributed by atoms with Gasteiger partial charge in [-0.05, 0) is 0 Å². The fourth-order valence-electron chi connectivity index (χ4n) is 0.292. The van der Waals surface area contributed by atoms with Crippen LogP contribution < -0.4 is 5.32 Å². The second kappa shape index (κ2) is 1.38. The maximum atomic E-state index is 4.68. The fourth-order valence-corrected chi connectivity index (χ4v) is 0.419. The second-order valence-corrected chi connectivity index (χ2v) is 1.53. The summed E-state index contributed by atoms with van der Waals surface area (Å²) in [6.45, 7) is 0. The lowest BCUT2D eigenvalue weighted by Crippen LogP contribution is -2.15. The second-order valence-electron chi connectivity index (χ2n) is 1.04. The minimum Gasteiger partial charge on any atom is -0.348 e. The van der Waals surface area contributed by atoms with Crippen molar-refractivity contribution in [3.8, 4) is 0 Å². The van der Waals surface area contributed by atoms with Gasteiger partial charge in [-0.15, -0.1) is 0 Å². The third-order valence-electron chi connectivity index (χ3n) is 0.552. The molecule has 1 rings (SSSR count). The number of nitrogens with one attached hydrogen (secondary N) is 1. The van der Waals surface area contributed by atoms with E-state index in [0.717, 1.165) is 4.89 Å². The molecule has 0 aliphatic carbocycles. The molecule has 0 aromatic heterocycles. The van der Waals surface area contributed by atoms with Crippen LogP contribution in [0.2, 0.25) is 0 Å². The van der Waals surface area contributed by atoms with Crippen molar-refractivity contribution in [3.63, 3.8) is 0 Å². The first-order valence-electron chi connectivity index (χ1n) is 1.67. The molecule has 0 saturated heterocycles. The first kappa shape index (κ1) is 3.80. The molecule has 0 spiro atoms. The molecule has 30 valence electrons. The highest BCUT2D eigenvalue weighted by molar-refractivity contribution is 7.83. The van der Waals surface area contributed by atoms with E-state index in [4.69, 9.17) is 0 Å². The summed E-state index contributed by atoms with van der Waals surface area (Å²) in [6.07, 6.45) is 1.61. The van der Waals surface area contributed by atoms with Crippen LogP contribution >= 0.6 is 12.2 Å². The molecular weight excluding hydrogens is 94.9 g/mol. The third kappa shape index (κ3) is 0.569. The van der Waals surface area contributed by atoms with Crippen LogP contribution in [0.25, 0.3) is 0 Å². The maximum absolute atomic E-state index is 4.68. The van der Waals surface area contributed by atoms with Gasteiger partial charge in [0.25, 0.3) is 0 Å². The number of rotatable bonds is 0. The monoisotopic (exact) mass is 98.0 g/mol. The fraction of sp³-hybridized carbons (Fsp3) is 0. The Morgan fingerprint density at radius 2 is 2.83 bits per heavy atom. The Kier molecular flexibility index (Phi) is 0.878. The Balaban J connectivity index is 2.52. The minimum atomic E-state index is 0.676. The molecule has 0 bridgehead atoms. The first-order chi connectivity index (χ1) is 2.89. The van der Waals surface area contributed by atoms with E-state index >= 15 is 0 Å². The molecule has 1 N–H and O–H groups in total. The quantitative estimate of drug-likeness (QED) is 0.318. The average Bonchev–Trinajstić information content (AvgIpc) is 1.86. The Labute approximate surface area is 41.9 Å². The summed E-state index contributed by atoms with van der Waals surface area (Å²) in [6, 6.07) is 0. The van der Waals surface area contributed by atoms with Crippen LogP contribution in [0, 0.1) is 0 Å². The Morgan fingerprint density at radius 3 is 3.00 bits per heavy atom. The standard InChI is InChI=1S/C2H3BN2S/c6-2-3-5-1-4-2/h1,3H,(H,4,5,6). The van der Waals surface area contributed by atoms with Crippen molar-refractivity contribution in [2.75, 3.05) is 0 Å². The molecule has 6 heavy (non-hydrogen) atoms. The van der Waals surface area contributed by atoms with Crippen LogP contribution in [-0.2, 0) is 0 Å². The van der Waals surface area contributed by atoms with E-state index in [2.05, 4.69) is 22.4 Å². The largest absolute Gasteiger partial charge is 0.348 e. The predicted molar refractivity (Wildman–Crippen MR) is 31.4 cm³/mol. The van der Waals surface area contributed by atoms with Crippen molar-refractivity contribution < 1.29 is 0 Å². The van der Waals surface area contributed by atoms with Crippen LogP contribution in [0.15, 0.2) is 4.90 Å². The minimum absolute atomic E-state index is 0.676. The highest BCUT2D eigenvalue weighted by Crippen LogP contribution is 1.73. The molecule has 4 heteroatoms. The van der Waals surface area contributed by atoms with Gasteiger partial charge >= 0.3 is 7.41 Å². The van der Waals surface area contributed by atoms with E-state index in [1.807, 2.05) is 0 Å². The average molecular weight is 97.9 g/mol. The van der Waals surface area contributed by atoms with Crippen molar-refractivity contribution >= 4 is 30.9 Å². The Bertz CT molecular complexity index is 89.7. The molecule has 0 aromatic carbocycles. The van der Waals surface area contributed by atoms with Gasteiger partial charge in [-0.2, -0.15) is 0 Å². The van der Waals surface area contributed by atoms with Crippen LogP contribution in [0.1, 0.15) is 0 Å². The summed E-state index contributed by atoms with van der Waals surface area (Å²) in [7, 11) is 0.676. The molecule has 1 aliphatic rings. The normalized spacial score (nSPS) is 17.0. The molecule has 0 atom stereocenters. The van der Waals surface area contributed by atoms with Crippen molar-refractivity contribution in [1.29, 1.82) is 0 Å². The van der Waals surface area contributed by atoms with Gasteiger partial charge in [0.1, 0.15) is 0 Å². The Morgan fingerprint density at radius 1 is 2.00 bits per heavy atom. The van der Waals surface area contributed by atoms with Crippen molar-refractivity contribution in [2.24, 2.45) is 4.90 Å². The van der Waals surface area contributed by atoms with Crippen molar-refractivity contribution in [2.45, 2.75) is 0 Å². The van der Waals surface area contributed by atoms with Crippen LogP contribution in [0.4, 0.5) is 0 Å². The lowest BCUT2D eigenvalue weighted by Gasteiger charge is -1.80. The van der Waals surface area contributed by atoms with Gasteiger partial charge in [0.15, 0.2) is 0 Å². The Hall–Kier alpha value is -0.375. The van der Waals surface area contributed by atoms with E-state index in [-0.39, 0.29) is 0 Å². The summed E-state index contributed by atoms with van der Waals surface area (Å²) in [5, 5.41) is 2.76. The highest BCUT2D eigenvalue weighted by atomic mass is 32.1. The number of hydrogen-bond donors (Lipinski definition) is 1. The summed E-state index contributed by atoms with van der Waals surface area (Å²) < 4.78 is 0. The molecule has 1 heterocycles. The van der Waals surface area contributed by atoms with Gasteiger partial charge in [0.05, 0.1) is 11.2 Å². The van der Waals surface area contributed by atoms with Gasteiger partial charge in [-0.25, -0.2) is 0 Å². The van der Waals surface area contributed by atoms with E-state index < -0.39 is 0 Å². The molecule has 0 fully saturated rings. The molecular formula is C2H3BN2S. The van der Waals surface area contributed by atoms with Crippen molar-refractivity contribution in [3.05, 3.63) is 0 Å². The van der Waals surface area contributed by atoms with Crippen LogP contribution in [0.3, 0.4) is 0 Å². The SMILES string of the molecule is S=C1BN=CN1. The van der Waals surface area contributed by atoms with Gasteiger partial charge < -0.3 is 10.2 Å². The lowest BCUT2D eigenvalue weighted by molar-refractivity contribution is 1.54. The smallest absolute Gasteiger partial charge is 0.328 e. The molecule has 1 aliphatic heterocycles. The van der Waals surface area contributed by atoms with Crippen molar-refractivity contribution in [1.82, 2.24) is 5.32 Å².